The molecule has 1 aromatic carbocycles. The van der Waals surface area contributed by atoms with E-state index in [1.807, 2.05) is 6.92 Å². The first-order valence-electron chi connectivity index (χ1n) is 5.35. The molecule has 0 heterocycles. The molecular formula is C11H15N3O3. The molecule has 92 valence electrons. The smallest absolute Gasteiger partial charge is 0.294 e. The SMILES string of the molecule is CCCNc1c(NC(C)=O)cccc1[N+](=O)[O-]. The largest absolute Gasteiger partial charge is 0.378 e. The van der Waals surface area contributed by atoms with Crippen LogP contribution in [0.5, 0.6) is 0 Å². The van der Waals surface area contributed by atoms with E-state index in [9.17, 15) is 14.9 Å². The molecule has 0 fully saturated rings. The van der Waals surface area contributed by atoms with Crippen LogP contribution in [0.4, 0.5) is 17.1 Å². The van der Waals surface area contributed by atoms with Crippen LogP contribution in [-0.4, -0.2) is 17.4 Å². The first-order valence-corrected chi connectivity index (χ1v) is 5.35. The fourth-order valence-electron chi connectivity index (χ4n) is 1.42. The molecule has 0 saturated carbocycles. The van der Waals surface area contributed by atoms with E-state index in [2.05, 4.69) is 10.6 Å². The lowest BCUT2D eigenvalue weighted by atomic mass is 10.2. The van der Waals surface area contributed by atoms with Gasteiger partial charge in [-0.2, -0.15) is 0 Å². The van der Waals surface area contributed by atoms with Crippen LogP contribution in [0.1, 0.15) is 20.3 Å². The highest BCUT2D eigenvalue weighted by atomic mass is 16.6. The van der Waals surface area contributed by atoms with E-state index in [1.165, 1.54) is 13.0 Å². The zero-order valence-corrected chi connectivity index (χ0v) is 9.82. The van der Waals surface area contributed by atoms with Gasteiger partial charge in [-0.3, -0.25) is 14.9 Å². The average Bonchev–Trinajstić information content (AvgIpc) is 2.26. The third-order valence-electron chi connectivity index (χ3n) is 2.10. The zero-order valence-electron chi connectivity index (χ0n) is 9.82. The number of nitro benzene ring substituents is 1. The summed E-state index contributed by atoms with van der Waals surface area (Å²) >= 11 is 0. The molecule has 0 aliphatic heterocycles. The monoisotopic (exact) mass is 237 g/mol. The predicted octanol–water partition coefficient (Wildman–Crippen LogP) is 2.38. The number of carbonyl (C=O) groups is 1. The van der Waals surface area contributed by atoms with Crippen molar-refractivity contribution in [2.45, 2.75) is 20.3 Å². The minimum atomic E-state index is -0.469. The van der Waals surface area contributed by atoms with Crippen molar-refractivity contribution in [3.05, 3.63) is 28.3 Å². The van der Waals surface area contributed by atoms with Crippen molar-refractivity contribution in [2.24, 2.45) is 0 Å². The van der Waals surface area contributed by atoms with Gasteiger partial charge in [-0.1, -0.05) is 13.0 Å². The molecule has 2 N–H and O–H groups in total. The van der Waals surface area contributed by atoms with Crippen LogP contribution >= 0.6 is 0 Å². The molecule has 0 radical (unpaired) electrons. The summed E-state index contributed by atoms with van der Waals surface area (Å²) in [6.45, 7) is 3.93. The average molecular weight is 237 g/mol. The first kappa shape index (κ1) is 13.0. The predicted molar refractivity (Wildman–Crippen MR) is 66.2 cm³/mol. The highest BCUT2D eigenvalue weighted by molar-refractivity contribution is 5.94. The molecule has 0 spiro atoms. The van der Waals surface area contributed by atoms with Crippen LogP contribution in [-0.2, 0) is 4.79 Å². The van der Waals surface area contributed by atoms with Gasteiger partial charge in [0.1, 0.15) is 5.69 Å². The van der Waals surface area contributed by atoms with Crippen molar-refractivity contribution in [2.75, 3.05) is 17.2 Å². The van der Waals surface area contributed by atoms with Gasteiger partial charge in [0.15, 0.2) is 0 Å². The van der Waals surface area contributed by atoms with Gasteiger partial charge in [0.25, 0.3) is 5.69 Å². The van der Waals surface area contributed by atoms with Crippen molar-refractivity contribution in [1.29, 1.82) is 0 Å². The summed E-state index contributed by atoms with van der Waals surface area (Å²) in [6.07, 6.45) is 0.839. The third-order valence-corrected chi connectivity index (χ3v) is 2.10. The molecule has 6 nitrogen and oxygen atoms in total. The summed E-state index contributed by atoms with van der Waals surface area (Å²) in [7, 11) is 0. The van der Waals surface area contributed by atoms with Crippen LogP contribution in [0.2, 0.25) is 0 Å². The molecule has 0 saturated heterocycles. The number of hydrogen-bond acceptors (Lipinski definition) is 4. The van der Waals surface area contributed by atoms with Gasteiger partial charge in [0.05, 0.1) is 10.6 Å². The quantitative estimate of drug-likeness (QED) is 0.608. The van der Waals surface area contributed by atoms with Crippen LogP contribution in [0.25, 0.3) is 0 Å². The summed E-state index contributed by atoms with van der Waals surface area (Å²) in [6, 6.07) is 4.58. The standard InChI is InChI=1S/C11H15N3O3/c1-3-7-12-11-9(13-8(2)15)5-4-6-10(11)14(16)17/h4-6,12H,3,7H2,1-2H3,(H,13,15). The van der Waals surface area contributed by atoms with Crippen molar-refractivity contribution in [1.82, 2.24) is 0 Å². The minimum Gasteiger partial charge on any atom is -0.378 e. The van der Waals surface area contributed by atoms with Crippen molar-refractivity contribution in [3.8, 4) is 0 Å². The second-order valence-corrected chi connectivity index (χ2v) is 3.56. The molecule has 0 bridgehead atoms. The maximum absolute atomic E-state index is 11.0. The van der Waals surface area contributed by atoms with Gasteiger partial charge in [-0.15, -0.1) is 0 Å². The number of nitrogens with one attached hydrogen (secondary N) is 2. The number of hydrogen-bond donors (Lipinski definition) is 2. The summed E-state index contributed by atoms with van der Waals surface area (Å²) in [5.41, 5.74) is 0.749. The van der Waals surface area contributed by atoms with Gasteiger partial charge < -0.3 is 10.6 Å². The molecule has 1 aromatic rings. The maximum atomic E-state index is 11.0. The van der Waals surface area contributed by atoms with E-state index in [0.29, 0.717) is 17.9 Å². The molecule has 0 aromatic heterocycles. The Balaban J connectivity index is 3.13. The Morgan fingerprint density at radius 1 is 1.47 bits per heavy atom. The lowest BCUT2D eigenvalue weighted by molar-refractivity contribution is -0.383. The number of anilines is 2. The molecule has 6 heteroatoms. The highest BCUT2D eigenvalue weighted by Crippen LogP contribution is 2.32. The Hall–Kier alpha value is -2.11. The second-order valence-electron chi connectivity index (χ2n) is 3.56. The maximum Gasteiger partial charge on any atom is 0.294 e. The molecule has 0 unspecified atom stereocenters. The Labute approximate surface area is 99.2 Å². The van der Waals surface area contributed by atoms with E-state index < -0.39 is 4.92 Å². The Morgan fingerprint density at radius 3 is 2.71 bits per heavy atom. The number of nitro groups is 1. The molecule has 0 atom stereocenters. The molecular weight excluding hydrogens is 222 g/mol. The zero-order chi connectivity index (χ0) is 12.8. The Morgan fingerprint density at radius 2 is 2.18 bits per heavy atom. The van der Waals surface area contributed by atoms with E-state index in [0.717, 1.165) is 6.42 Å². The minimum absolute atomic E-state index is 0.0373. The number of amides is 1. The van der Waals surface area contributed by atoms with Crippen molar-refractivity contribution < 1.29 is 9.72 Å². The van der Waals surface area contributed by atoms with Gasteiger partial charge in [-0.25, -0.2) is 0 Å². The normalized spacial score (nSPS) is 9.76. The van der Waals surface area contributed by atoms with Crippen LogP contribution in [0.15, 0.2) is 18.2 Å². The fourth-order valence-corrected chi connectivity index (χ4v) is 1.42. The second kappa shape index (κ2) is 5.83. The van der Waals surface area contributed by atoms with E-state index in [4.69, 9.17) is 0 Å². The van der Waals surface area contributed by atoms with E-state index in [1.54, 1.807) is 12.1 Å². The van der Waals surface area contributed by atoms with Crippen LogP contribution in [0, 0.1) is 10.1 Å². The van der Waals surface area contributed by atoms with Crippen molar-refractivity contribution in [3.63, 3.8) is 0 Å². The van der Waals surface area contributed by atoms with E-state index >= 15 is 0 Å². The molecule has 1 rings (SSSR count). The lowest BCUT2D eigenvalue weighted by Gasteiger charge is -2.11. The summed E-state index contributed by atoms with van der Waals surface area (Å²) < 4.78 is 0. The van der Waals surface area contributed by atoms with Gasteiger partial charge in [-0.05, 0) is 12.5 Å². The Kier molecular flexibility index (Phi) is 4.45. The number of benzene rings is 1. The topological polar surface area (TPSA) is 84.3 Å². The summed E-state index contributed by atoms with van der Waals surface area (Å²) in [4.78, 5) is 21.4. The van der Waals surface area contributed by atoms with Gasteiger partial charge in [0.2, 0.25) is 5.91 Å². The lowest BCUT2D eigenvalue weighted by Crippen LogP contribution is -2.11. The van der Waals surface area contributed by atoms with Crippen LogP contribution < -0.4 is 10.6 Å². The van der Waals surface area contributed by atoms with E-state index in [-0.39, 0.29) is 11.6 Å². The molecule has 0 aliphatic rings. The number of rotatable bonds is 5. The summed E-state index contributed by atoms with van der Waals surface area (Å²) in [5, 5.41) is 16.4. The Bertz CT molecular complexity index is 432. The fraction of sp³-hybridized carbons (Fsp3) is 0.364. The molecule has 1 amide bonds. The molecule has 17 heavy (non-hydrogen) atoms. The number of carbonyl (C=O) groups excluding carboxylic acids is 1. The van der Waals surface area contributed by atoms with Gasteiger partial charge in [0, 0.05) is 19.5 Å². The van der Waals surface area contributed by atoms with Crippen LogP contribution in [0.3, 0.4) is 0 Å². The number of nitrogens with zero attached hydrogens (tertiary/aromatic N) is 1. The molecule has 0 aliphatic carbocycles. The van der Waals surface area contributed by atoms with Crippen molar-refractivity contribution >= 4 is 23.0 Å². The third kappa shape index (κ3) is 3.44. The first-order chi connectivity index (χ1) is 8.06. The van der Waals surface area contributed by atoms with Gasteiger partial charge >= 0.3 is 0 Å². The highest BCUT2D eigenvalue weighted by Gasteiger charge is 2.17. The summed E-state index contributed by atoms with van der Waals surface area (Å²) in [5.74, 6) is -0.259. The number of para-hydroxylation sites is 1.